The fraction of sp³-hybridized carbons (Fsp3) is 0.231. The maximum Gasteiger partial charge on any atom is 0.134 e. The van der Waals surface area contributed by atoms with E-state index in [9.17, 15) is 0 Å². The van der Waals surface area contributed by atoms with Gasteiger partial charge in [-0.25, -0.2) is 9.97 Å². The van der Waals surface area contributed by atoms with Crippen molar-refractivity contribution < 1.29 is 0 Å². The monoisotopic (exact) mass is 262 g/mol. The fourth-order valence-electron chi connectivity index (χ4n) is 1.94. The van der Waals surface area contributed by atoms with Crippen molar-refractivity contribution in [3.8, 4) is 0 Å². The van der Waals surface area contributed by atoms with Crippen LogP contribution in [-0.2, 0) is 0 Å². The zero-order valence-corrected chi connectivity index (χ0v) is 10.7. The van der Waals surface area contributed by atoms with Crippen LogP contribution in [0.5, 0.6) is 0 Å². The van der Waals surface area contributed by atoms with E-state index in [0.29, 0.717) is 6.04 Å². The van der Waals surface area contributed by atoms with Gasteiger partial charge in [0.2, 0.25) is 0 Å². The van der Waals surface area contributed by atoms with E-state index in [-0.39, 0.29) is 12.4 Å². The molecule has 2 aromatic heterocycles. The van der Waals surface area contributed by atoms with E-state index in [0.717, 1.165) is 24.7 Å². The predicted molar refractivity (Wildman–Crippen MR) is 74.5 cm³/mol. The van der Waals surface area contributed by atoms with E-state index in [1.165, 1.54) is 0 Å². The van der Waals surface area contributed by atoms with Crippen molar-refractivity contribution in [3.63, 3.8) is 0 Å². The van der Waals surface area contributed by atoms with Gasteiger partial charge in [0.05, 0.1) is 6.04 Å². The lowest BCUT2D eigenvalue weighted by Crippen LogP contribution is -2.56. The molecule has 94 valence electrons. The van der Waals surface area contributed by atoms with Crippen LogP contribution in [0.25, 0.3) is 0 Å². The summed E-state index contributed by atoms with van der Waals surface area (Å²) in [5.41, 5.74) is 0. The first-order chi connectivity index (χ1) is 8.45. The van der Waals surface area contributed by atoms with Crippen LogP contribution in [0.2, 0.25) is 0 Å². The Hall–Kier alpha value is -1.65. The Morgan fingerprint density at radius 2 is 1.50 bits per heavy atom. The number of nitrogens with one attached hydrogen (secondary N) is 1. The number of halogens is 1. The number of anilines is 2. The van der Waals surface area contributed by atoms with E-state index in [1.54, 1.807) is 0 Å². The summed E-state index contributed by atoms with van der Waals surface area (Å²) >= 11 is 0. The molecule has 1 aliphatic rings. The van der Waals surface area contributed by atoms with Gasteiger partial charge >= 0.3 is 0 Å². The van der Waals surface area contributed by atoms with E-state index < -0.39 is 0 Å². The van der Waals surface area contributed by atoms with Gasteiger partial charge in [-0.3, -0.25) is 0 Å². The summed E-state index contributed by atoms with van der Waals surface area (Å²) < 4.78 is 0. The molecule has 3 rings (SSSR count). The fourth-order valence-corrected chi connectivity index (χ4v) is 1.94. The molecule has 5 heteroatoms. The molecule has 1 fully saturated rings. The topological polar surface area (TPSA) is 41.1 Å². The van der Waals surface area contributed by atoms with Gasteiger partial charge in [0.15, 0.2) is 0 Å². The molecular formula is C13H15ClN4. The number of nitrogens with zero attached hydrogens (tertiary/aromatic N) is 3. The Balaban J connectivity index is 0.00000120. The number of hydrogen-bond acceptors (Lipinski definition) is 4. The van der Waals surface area contributed by atoms with Gasteiger partial charge in [0.1, 0.15) is 11.6 Å². The molecule has 0 aliphatic carbocycles. The lowest BCUT2D eigenvalue weighted by molar-refractivity contribution is 0.435. The third-order valence-electron chi connectivity index (χ3n) is 2.92. The maximum absolute atomic E-state index is 4.42. The van der Waals surface area contributed by atoms with Gasteiger partial charge < -0.3 is 10.2 Å². The van der Waals surface area contributed by atoms with Crippen LogP contribution >= 0.6 is 12.4 Å². The van der Waals surface area contributed by atoms with E-state index in [4.69, 9.17) is 0 Å². The third-order valence-corrected chi connectivity index (χ3v) is 2.92. The molecule has 0 atom stereocenters. The lowest BCUT2D eigenvalue weighted by Gasteiger charge is -2.38. The third kappa shape index (κ3) is 2.44. The Morgan fingerprint density at radius 3 is 1.83 bits per heavy atom. The highest BCUT2D eigenvalue weighted by Crippen LogP contribution is 2.25. The van der Waals surface area contributed by atoms with Crippen molar-refractivity contribution in [1.29, 1.82) is 0 Å². The maximum atomic E-state index is 4.42. The minimum atomic E-state index is 0. The Kier molecular flexibility index (Phi) is 4.12. The largest absolute Gasteiger partial charge is 0.313 e. The molecule has 1 aliphatic heterocycles. The van der Waals surface area contributed by atoms with Crippen LogP contribution in [0, 0.1) is 0 Å². The minimum absolute atomic E-state index is 0. The van der Waals surface area contributed by atoms with Gasteiger partial charge in [-0.2, -0.15) is 0 Å². The van der Waals surface area contributed by atoms with Gasteiger partial charge in [-0.1, -0.05) is 12.1 Å². The quantitative estimate of drug-likeness (QED) is 0.919. The van der Waals surface area contributed by atoms with Crippen molar-refractivity contribution in [2.75, 3.05) is 18.0 Å². The lowest BCUT2D eigenvalue weighted by atomic mass is 10.1. The molecule has 4 nitrogen and oxygen atoms in total. The average molecular weight is 263 g/mol. The zero-order valence-electron chi connectivity index (χ0n) is 9.86. The molecule has 1 saturated heterocycles. The Labute approximate surface area is 112 Å². The molecule has 1 N–H and O–H groups in total. The number of pyridine rings is 2. The highest BCUT2D eigenvalue weighted by Gasteiger charge is 2.27. The second-order valence-corrected chi connectivity index (χ2v) is 4.06. The van der Waals surface area contributed by atoms with Crippen LogP contribution in [0.1, 0.15) is 0 Å². The molecule has 0 bridgehead atoms. The summed E-state index contributed by atoms with van der Waals surface area (Å²) in [6.07, 6.45) is 3.63. The summed E-state index contributed by atoms with van der Waals surface area (Å²) in [6.45, 7) is 1.96. The highest BCUT2D eigenvalue weighted by molar-refractivity contribution is 5.85. The number of rotatable bonds is 3. The Bertz CT molecular complexity index is 433. The molecule has 0 radical (unpaired) electrons. The average Bonchev–Trinajstić information content (AvgIpc) is 2.36. The Morgan fingerprint density at radius 1 is 0.944 bits per heavy atom. The van der Waals surface area contributed by atoms with Crippen molar-refractivity contribution in [2.45, 2.75) is 6.04 Å². The molecule has 3 heterocycles. The summed E-state index contributed by atoms with van der Waals surface area (Å²) in [7, 11) is 0. The molecule has 0 amide bonds. The summed E-state index contributed by atoms with van der Waals surface area (Å²) in [4.78, 5) is 11.0. The van der Waals surface area contributed by atoms with Crippen molar-refractivity contribution in [3.05, 3.63) is 48.8 Å². The van der Waals surface area contributed by atoms with E-state index >= 15 is 0 Å². The van der Waals surface area contributed by atoms with E-state index in [2.05, 4.69) is 20.2 Å². The molecule has 18 heavy (non-hydrogen) atoms. The molecule has 2 aromatic rings. The molecule has 0 aromatic carbocycles. The number of hydrogen-bond donors (Lipinski definition) is 1. The molecule has 0 unspecified atom stereocenters. The summed E-state index contributed by atoms with van der Waals surface area (Å²) in [6, 6.07) is 12.4. The summed E-state index contributed by atoms with van der Waals surface area (Å²) in [5, 5.41) is 3.28. The first-order valence-corrected chi connectivity index (χ1v) is 5.77. The van der Waals surface area contributed by atoms with Crippen molar-refractivity contribution in [2.24, 2.45) is 0 Å². The first kappa shape index (κ1) is 12.8. The van der Waals surface area contributed by atoms with E-state index in [1.807, 2.05) is 48.8 Å². The van der Waals surface area contributed by atoms with Gasteiger partial charge in [0, 0.05) is 25.5 Å². The number of aromatic nitrogens is 2. The first-order valence-electron chi connectivity index (χ1n) is 5.77. The van der Waals surface area contributed by atoms with Gasteiger partial charge in [-0.05, 0) is 24.3 Å². The zero-order chi connectivity index (χ0) is 11.5. The minimum Gasteiger partial charge on any atom is -0.313 e. The summed E-state index contributed by atoms with van der Waals surface area (Å²) in [5.74, 6) is 1.91. The van der Waals surface area contributed by atoms with Crippen LogP contribution < -0.4 is 10.2 Å². The standard InChI is InChI=1S/C13H14N4.ClH/c1-3-7-15-12(5-1)17(11-9-14-10-11)13-6-2-4-8-16-13;/h1-8,11,14H,9-10H2;1H. The van der Waals surface area contributed by atoms with Crippen molar-refractivity contribution in [1.82, 2.24) is 15.3 Å². The SMILES string of the molecule is Cl.c1ccc(N(c2ccccn2)C2CNC2)nc1. The van der Waals surface area contributed by atoms with Crippen molar-refractivity contribution >= 4 is 24.0 Å². The molecule has 0 spiro atoms. The van der Waals surface area contributed by atoms with Crippen LogP contribution in [0.3, 0.4) is 0 Å². The van der Waals surface area contributed by atoms with Gasteiger partial charge in [0.25, 0.3) is 0 Å². The molecular weight excluding hydrogens is 248 g/mol. The molecule has 0 saturated carbocycles. The second kappa shape index (κ2) is 5.80. The highest BCUT2D eigenvalue weighted by atomic mass is 35.5. The van der Waals surface area contributed by atoms with Crippen LogP contribution in [0.15, 0.2) is 48.8 Å². The predicted octanol–water partition coefficient (Wildman–Crippen LogP) is 2.01. The van der Waals surface area contributed by atoms with Crippen LogP contribution in [-0.4, -0.2) is 29.1 Å². The second-order valence-electron chi connectivity index (χ2n) is 4.06. The van der Waals surface area contributed by atoms with Gasteiger partial charge in [-0.15, -0.1) is 12.4 Å². The smallest absolute Gasteiger partial charge is 0.134 e. The normalized spacial score (nSPS) is 14.4. The van der Waals surface area contributed by atoms with Crippen LogP contribution in [0.4, 0.5) is 11.6 Å².